The molecule has 1 fully saturated rings. The molecule has 0 amide bonds. The minimum atomic E-state index is -4.49. The van der Waals surface area contributed by atoms with Gasteiger partial charge >= 0.3 is 6.18 Å². The van der Waals surface area contributed by atoms with Crippen LogP contribution in [0.25, 0.3) is 0 Å². The molecule has 2 N–H and O–H groups in total. The van der Waals surface area contributed by atoms with Gasteiger partial charge in [0, 0.05) is 11.7 Å². The quantitative estimate of drug-likeness (QED) is 0.876. The summed E-state index contributed by atoms with van der Waals surface area (Å²) in [6.07, 6.45) is -1.57. The average molecular weight is 283 g/mol. The first-order valence-corrected chi connectivity index (χ1v) is 6.59. The second kappa shape index (κ2) is 6.14. The molecule has 3 nitrogen and oxygen atoms in total. The van der Waals surface area contributed by atoms with E-state index in [0.29, 0.717) is 5.69 Å². The van der Waals surface area contributed by atoms with Crippen LogP contribution in [0.5, 0.6) is 0 Å². The van der Waals surface area contributed by atoms with Crippen molar-refractivity contribution >= 4 is 5.69 Å². The van der Waals surface area contributed by atoms with Crippen LogP contribution in [-0.2, 0) is 6.18 Å². The fourth-order valence-electron chi connectivity index (χ4n) is 2.37. The highest BCUT2D eigenvalue weighted by Gasteiger charge is 2.33. The van der Waals surface area contributed by atoms with E-state index >= 15 is 0 Å². The second-order valence-corrected chi connectivity index (χ2v) is 4.89. The smallest absolute Gasteiger partial charge is 0.382 e. The van der Waals surface area contributed by atoms with Crippen LogP contribution in [0.15, 0.2) is 18.2 Å². The van der Waals surface area contributed by atoms with Crippen molar-refractivity contribution in [1.29, 1.82) is 5.26 Å². The lowest BCUT2D eigenvalue weighted by Crippen LogP contribution is -2.21. The standard InChI is InChI=1S/C14H16F3N3/c15-14(16,17)13-4-3-12(8-10(13)9-18)20-11-2-1-6-19-7-5-11/h3-4,8,11,19-20H,1-2,5-7H2. The van der Waals surface area contributed by atoms with Gasteiger partial charge < -0.3 is 10.6 Å². The summed E-state index contributed by atoms with van der Waals surface area (Å²) in [7, 11) is 0. The Labute approximate surface area is 115 Å². The molecule has 1 aliphatic heterocycles. The topological polar surface area (TPSA) is 47.9 Å². The lowest BCUT2D eigenvalue weighted by molar-refractivity contribution is -0.137. The lowest BCUT2D eigenvalue weighted by atomic mass is 10.1. The van der Waals surface area contributed by atoms with Crippen molar-refractivity contribution < 1.29 is 13.2 Å². The van der Waals surface area contributed by atoms with Gasteiger partial charge in [-0.3, -0.25) is 0 Å². The summed E-state index contributed by atoms with van der Waals surface area (Å²) < 4.78 is 38.1. The Morgan fingerprint density at radius 1 is 1.25 bits per heavy atom. The molecule has 0 bridgehead atoms. The molecule has 1 aliphatic rings. The van der Waals surface area contributed by atoms with Crippen molar-refractivity contribution in [1.82, 2.24) is 5.32 Å². The molecular weight excluding hydrogens is 267 g/mol. The number of alkyl halides is 3. The van der Waals surface area contributed by atoms with Gasteiger partial charge in [0.2, 0.25) is 0 Å². The van der Waals surface area contributed by atoms with Crippen LogP contribution in [0.2, 0.25) is 0 Å². The third-order valence-electron chi connectivity index (χ3n) is 3.39. The van der Waals surface area contributed by atoms with E-state index in [1.165, 1.54) is 12.1 Å². The molecule has 0 aromatic heterocycles. The number of hydrogen-bond acceptors (Lipinski definition) is 3. The molecule has 1 aromatic rings. The van der Waals surface area contributed by atoms with Crippen LogP contribution in [0.1, 0.15) is 30.4 Å². The van der Waals surface area contributed by atoms with Gasteiger partial charge in [-0.1, -0.05) is 0 Å². The minimum absolute atomic E-state index is 0.230. The van der Waals surface area contributed by atoms with Crippen molar-refractivity contribution in [2.24, 2.45) is 0 Å². The minimum Gasteiger partial charge on any atom is -0.382 e. The number of hydrogen-bond donors (Lipinski definition) is 2. The predicted molar refractivity (Wildman–Crippen MR) is 70.3 cm³/mol. The van der Waals surface area contributed by atoms with E-state index in [1.807, 2.05) is 0 Å². The summed E-state index contributed by atoms with van der Waals surface area (Å²) >= 11 is 0. The van der Waals surface area contributed by atoms with Crippen molar-refractivity contribution in [2.45, 2.75) is 31.5 Å². The molecule has 2 rings (SSSR count). The largest absolute Gasteiger partial charge is 0.417 e. The van der Waals surface area contributed by atoms with Crippen molar-refractivity contribution in [3.05, 3.63) is 29.3 Å². The maximum Gasteiger partial charge on any atom is 0.417 e. The molecule has 0 spiro atoms. The summed E-state index contributed by atoms with van der Waals surface area (Å²) in [4.78, 5) is 0. The summed E-state index contributed by atoms with van der Waals surface area (Å²) in [6.45, 7) is 1.86. The molecule has 1 unspecified atom stereocenters. The zero-order chi connectivity index (χ0) is 14.6. The van der Waals surface area contributed by atoms with Crippen molar-refractivity contribution in [3.8, 4) is 6.07 Å². The molecule has 6 heteroatoms. The van der Waals surface area contributed by atoms with Gasteiger partial charge in [0.05, 0.1) is 17.2 Å². The third-order valence-corrected chi connectivity index (χ3v) is 3.39. The molecule has 0 radical (unpaired) electrons. The molecule has 1 aromatic carbocycles. The highest BCUT2D eigenvalue weighted by atomic mass is 19.4. The third kappa shape index (κ3) is 3.64. The molecule has 20 heavy (non-hydrogen) atoms. The zero-order valence-electron chi connectivity index (χ0n) is 10.9. The van der Waals surface area contributed by atoms with Crippen LogP contribution >= 0.6 is 0 Å². The maximum absolute atomic E-state index is 12.7. The van der Waals surface area contributed by atoms with E-state index in [1.54, 1.807) is 6.07 Å². The van der Waals surface area contributed by atoms with Crippen LogP contribution in [0.4, 0.5) is 18.9 Å². The number of anilines is 1. The average Bonchev–Trinajstić information content (AvgIpc) is 2.66. The van der Waals surface area contributed by atoms with Crippen LogP contribution in [0.3, 0.4) is 0 Å². The predicted octanol–water partition coefficient (Wildman–Crippen LogP) is 3.13. The molecule has 1 saturated heterocycles. The molecule has 1 atom stereocenters. The zero-order valence-corrected chi connectivity index (χ0v) is 10.9. The number of rotatable bonds is 2. The van der Waals surface area contributed by atoms with Gasteiger partial charge in [-0.2, -0.15) is 18.4 Å². The number of nitrogens with one attached hydrogen (secondary N) is 2. The normalized spacial score (nSPS) is 20.0. The monoisotopic (exact) mass is 283 g/mol. The molecule has 0 saturated carbocycles. The fraction of sp³-hybridized carbons (Fsp3) is 0.500. The Morgan fingerprint density at radius 2 is 2.05 bits per heavy atom. The van der Waals surface area contributed by atoms with Gasteiger partial charge in [-0.25, -0.2) is 0 Å². The van der Waals surface area contributed by atoms with Gasteiger partial charge in [0.15, 0.2) is 0 Å². The van der Waals surface area contributed by atoms with E-state index in [0.717, 1.165) is 38.4 Å². The lowest BCUT2D eigenvalue weighted by Gasteiger charge is -2.18. The number of benzene rings is 1. The van der Waals surface area contributed by atoms with Crippen molar-refractivity contribution in [2.75, 3.05) is 18.4 Å². The first kappa shape index (κ1) is 14.7. The highest BCUT2D eigenvalue weighted by Crippen LogP contribution is 2.33. The molecule has 0 aliphatic carbocycles. The number of nitrogens with zero attached hydrogens (tertiary/aromatic N) is 1. The summed E-state index contributed by atoms with van der Waals surface area (Å²) in [5.41, 5.74) is -0.649. The van der Waals surface area contributed by atoms with Gasteiger partial charge in [-0.15, -0.1) is 0 Å². The number of halogens is 3. The molecular formula is C14H16F3N3. The SMILES string of the molecule is N#Cc1cc(NC2CCCNCC2)ccc1C(F)(F)F. The van der Waals surface area contributed by atoms with Crippen LogP contribution in [-0.4, -0.2) is 19.1 Å². The Bertz CT molecular complexity index is 497. The van der Waals surface area contributed by atoms with Gasteiger partial charge in [-0.05, 0) is 50.6 Å². The van der Waals surface area contributed by atoms with Crippen LogP contribution in [0, 0.1) is 11.3 Å². The highest BCUT2D eigenvalue weighted by molar-refractivity contribution is 5.54. The Morgan fingerprint density at radius 3 is 2.75 bits per heavy atom. The van der Waals surface area contributed by atoms with E-state index < -0.39 is 11.7 Å². The number of nitriles is 1. The fourth-order valence-corrected chi connectivity index (χ4v) is 2.37. The van der Waals surface area contributed by atoms with E-state index in [4.69, 9.17) is 5.26 Å². The van der Waals surface area contributed by atoms with Gasteiger partial charge in [0.1, 0.15) is 0 Å². The second-order valence-electron chi connectivity index (χ2n) is 4.89. The van der Waals surface area contributed by atoms with Crippen LogP contribution < -0.4 is 10.6 Å². The maximum atomic E-state index is 12.7. The Kier molecular flexibility index (Phi) is 4.50. The molecule has 108 valence electrons. The summed E-state index contributed by atoms with van der Waals surface area (Å²) in [5.74, 6) is 0. The van der Waals surface area contributed by atoms with E-state index in [-0.39, 0.29) is 11.6 Å². The summed E-state index contributed by atoms with van der Waals surface area (Å²) in [6, 6.07) is 5.49. The van der Waals surface area contributed by atoms with Gasteiger partial charge in [0.25, 0.3) is 0 Å². The summed E-state index contributed by atoms with van der Waals surface area (Å²) in [5, 5.41) is 15.4. The molecule has 1 heterocycles. The first-order chi connectivity index (χ1) is 9.50. The Hall–Kier alpha value is -1.74. The van der Waals surface area contributed by atoms with E-state index in [2.05, 4.69) is 10.6 Å². The van der Waals surface area contributed by atoms with E-state index in [9.17, 15) is 13.2 Å². The first-order valence-electron chi connectivity index (χ1n) is 6.59. The van der Waals surface area contributed by atoms with Crippen molar-refractivity contribution in [3.63, 3.8) is 0 Å². The Balaban J connectivity index is 2.15.